The first-order valence-corrected chi connectivity index (χ1v) is 16.6. The van der Waals surface area contributed by atoms with Crippen LogP contribution in [0.5, 0.6) is 0 Å². The van der Waals surface area contributed by atoms with E-state index in [1.165, 1.54) is 21.9 Å². The summed E-state index contributed by atoms with van der Waals surface area (Å²) >= 11 is 0. The van der Waals surface area contributed by atoms with Gasteiger partial charge in [-0.05, 0) is 82.1 Å². The molecule has 2 heterocycles. The molecule has 0 atom stereocenters. The smallest absolute Gasteiger partial charge is 0.137 e. The Balaban J connectivity index is 1.18. The molecule has 0 aliphatic rings. The number of rotatable bonds is 5. The van der Waals surface area contributed by atoms with Gasteiger partial charge in [0.05, 0.1) is 5.69 Å². The summed E-state index contributed by atoms with van der Waals surface area (Å²) in [7, 11) is 0. The van der Waals surface area contributed by atoms with Crippen molar-refractivity contribution >= 4 is 71.7 Å². The van der Waals surface area contributed by atoms with Crippen LogP contribution in [-0.4, -0.2) is 0 Å². The van der Waals surface area contributed by atoms with E-state index in [4.69, 9.17) is 8.83 Å². The highest BCUT2D eigenvalue weighted by molar-refractivity contribution is 6.14. The molecule has 3 nitrogen and oxygen atoms in total. The van der Waals surface area contributed by atoms with Gasteiger partial charge >= 0.3 is 0 Å². The molecule has 0 N–H and O–H groups in total. The van der Waals surface area contributed by atoms with Crippen LogP contribution in [0.2, 0.25) is 0 Å². The zero-order valence-corrected chi connectivity index (χ0v) is 26.5. The number of furan rings is 2. The molecular formula is C46H29NO2. The summed E-state index contributed by atoms with van der Waals surface area (Å²) in [6.45, 7) is 0. The van der Waals surface area contributed by atoms with E-state index < -0.39 is 0 Å². The van der Waals surface area contributed by atoms with Gasteiger partial charge in [-0.1, -0.05) is 115 Å². The highest BCUT2D eigenvalue weighted by Gasteiger charge is 2.21. The number of benzene rings is 8. The van der Waals surface area contributed by atoms with Crippen LogP contribution in [0.25, 0.3) is 76.9 Å². The van der Waals surface area contributed by atoms with E-state index in [9.17, 15) is 0 Å². The maximum atomic E-state index is 6.40. The van der Waals surface area contributed by atoms with E-state index in [0.717, 1.165) is 72.1 Å². The Labute approximate surface area is 282 Å². The third-order valence-corrected chi connectivity index (χ3v) is 9.67. The molecule has 0 aliphatic heterocycles. The lowest BCUT2D eigenvalue weighted by Crippen LogP contribution is -2.11. The van der Waals surface area contributed by atoms with Gasteiger partial charge in [0.2, 0.25) is 0 Å². The lowest BCUT2D eigenvalue weighted by molar-refractivity contribution is 0.668. The Kier molecular flexibility index (Phi) is 6.18. The fraction of sp³-hybridized carbons (Fsp3) is 0. The molecule has 0 saturated carbocycles. The number of hydrogen-bond donors (Lipinski definition) is 0. The number of fused-ring (bicyclic) bond motifs is 7. The topological polar surface area (TPSA) is 29.5 Å². The minimum absolute atomic E-state index is 0.858. The van der Waals surface area contributed by atoms with E-state index in [0.29, 0.717) is 0 Å². The molecule has 0 aliphatic carbocycles. The zero-order valence-electron chi connectivity index (χ0n) is 26.5. The molecule has 0 unspecified atom stereocenters. The Morgan fingerprint density at radius 3 is 1.84 bits per heavy atom. The third kappa shape index (κ3) is 4.51. The minimum atomic E-state index is 0.858. The predicted molar refractivity (Wildman–Crippen MR) is 204 cm³/mol. The quantitative estimate of drug-likeness (QED) is 0.190. The maximum absolute atomic E-state index is 6.40. The molecule has 10 rings (SSSR count). The summed E-state index contributed by atoms with van der Waals surface area (Å²) < 4.78 is 12.7. The molecule has 230 valence electrons. The minimum Gasteiger partial charge on any atom is -0.456 e. The zero-order chi connectivity index (χ0) is 32.3. The molecule has 0 amide bonds. The van der Waals surface area contributed by atoms with E-state index >= 15 is 0 Å². The van der Waals surface area contributed by atoms with Crippen LogP contribution < -0.4 is 4.90 Å². The van der Waals surface area contributed by atoms with E-state index in [1.54, 1.807) is 0 Å². The number of anilines is 3. The van der Waals surface area contributed by atoms with Crippen molar-refractivity contribution in [2.24, 2.45) is 0 Å². The number of nitrogens with zero attached hydrogens (tertiary/aromatic N) is 1. The van der Waals surface area contributed by atoms with Crippen LogP contribution in [-0.2, 0) is 0 Å². The summed E-state index contributed by atoms with van der Waals surface area (Å²) in [5.74, 6) is 0. The lowest BCUT2D eigenvalue weighted by atomic mass is 9.96. The van der Waals surface area contributed by atoms with Crippen molar-refractivity contribution in [3.8, 4) is 22.3 Å². The van der Waals surface area contributed by atoms with E-state index in [2.05, 4.69) is 157 Å². The van der Waals surface area contributed by atoms with Crippen molar-refractivity contribution in [1.82, 2.24) is 0 Å². The summed E-state index contributed by atoms with van der Waals surface area (Å²) in [4.78, 5) is 2.34. The molecule has 0 fully saturated rings. The first kappa shape index (κ1) is 27.5. The fourth-order valence-corrected chi connectivity index (χ4v) is 7.35. The van der Waals surface area contributed by atoms with Crippen LogP contribution in [0.1, 0.15) is 0 Å². The van der Waals surface area contributed by atoms with E-state index in [-0.39, 0.29) is 0 Å². The lowest BCUT2D eigenvalue weighted by Gasteiger charge is -2.28. The number of para-hydroxylation sites is 3. The van der Waals surface area contributed by atoms with Gasteiger partial charge < -0.3 is 13.7 Å². The van der Waals surface area contributed by atoms with Gasteiger partial charge in [0.15, 0.2) is 0 Å². The van der Waals surface area contributed by atoms with Gasteiger partial charge in [-0.25, -0.2) is 0 Å². The predicted octanol–water partition coefficient (Wildman–Crippen LogP) is 13.4. The largest absolute Gasteiger partial charge is 0.456 e. The van der Waals surface area contributed by atoms with Crippen molar-refractivity contribution in [2.45, 2.75) is 0 Å². The highest BCUT2D eigenvalue weighted by atomic mass is 16.3. The molecular weight excluding hydrogens is 599 g/mol. The Morgan fingerprint density at radius 1 is 0.347 bits per heavy atom. The van der Waals surface area contributed by atoms with Crippen LogP contribution in [0.3, 0.4) is 0 Å². The first-order valence-electron chi connectivity index (χ1n) is 16.6. The molecule has 2 aromatic heterocycles. The van der Waals surface area contributed by atoms with Crippen LogP contribution in [0.4, 0.5) is 17.1 Å². The van der Waals surface area contributed by atoms with Gasteiger partial charge in [-0.2, -0.15) is 0 Å². The summed E-state index contributed by atoms with van der Waals surface area (Å²) in [6, 6.07) is 62.1. The Bertz CT molecular complexity index is 2840. The second-order valence-corrected chi connectivity index (χ2v) is 12.5. The van der Waals surface area contributed by atoms with Crippen LogP contribution in [0.15, 0.2) is 185 Å². The second-order valence-electron chi connectivity index (χ2n) is 12.5. The summed E-state index contributed by atoms with van der Waals surface area (Å²) in [6.07, 6.45) is 0. The average Bonchev–Trinajstić information content (AvgIpc) is 3.73. The summed E-state index contributed by atoms with van der Waals surface area (Å²) in [5.41, 5.74) is 11.2. The van der Waals surface area contributed by atoms with Gasteiger partial charge in [0, 0.05) is 44.5 Å². The monoisotopic (exact) mass is 627 g/mol. The van der Waals surface area contributed by atoms with Crippen LogP contribution in [0, 0.1) is 0 Å². The fourth-order valence-electron chi connectivity index (χ4n) is 7.35. The number of hydrogen-bond acceptors (Lipinski definition) is 3. The molecule has 0 bridgehead atoms. The third-order valence-electron chi connectivity index (χ3n) is 9.67. The molecule has 3 heteroatoms. The van der Waals surface area contributed by atoms with Crippen molar-refractivity contribution in [3.05, 3.63) is 176 Å². The first-order chi connectivity index (χ1) is 24.3. The van der Waals surface area contributed by atoms with Crippen LogP contribution >= 0.6 is 0 Å². The normalized spacial score (nSPS) is 11.7. The average molecular weight is 628 g/mol. The highest BCUT2D eigenvalue weighted by Crippen LogP contribution is 2.46. The second kappa shape index (κ2) is 11.0. The summed E-state index contributed by atoms with van der Waals surface area (Å²) in [5, 5.41) is 6.93. The molecule has 10 aromatic rings. The van der Waals surface area contributed by atoms with Crippen molar-refractivity contribution in [2.75, 3.05) is 4.90 Å². The Hall–Kier alpha value is -6.58. The molecule has 0 spiro atoms. The standard InChI is InChI=1S/C46H29NO2/c1-2-11-32-28-33(21-20-30(32)10-1)31-22-24-34(25-23-31)47(35-26-27-38-37-13-4-7-17-42(37)49-45(38)29-35)41-16-6-3-12-36(41)39-15-9-19-44-46(39)40-14-5-8-18-43(40)48-44/h1-29H. The SMILES string of the molecule is c1ccc(N(c2ccc(-c3ccc4ccccc4c3)cc2)c2ccc3c(c2)oc2ccccc23)c(-c2cccc3oc4ccccc4c23)c1. The van der Waals surface area contributed by atoms with Gasteiger partial charge in [0.1, 0.15) is 22.3 Å². The van der Waals surface area contributed by atoms with Gasteiger partial charge in [-0.3, -0.25) is 0 Å². The van der Waals surface area contributed by atoms with Crippen molar-refractivity contribution < 1.29 is 8.83 Å². The Morgan fingerprint density at radius 2 is 0.959 bits per heavy atom. The van der Waals surface area contributed by atoms with E-state index in [1.807, 2.05) is 24.3 Å². The van der Waals surface area contributed by atoms with Crippen molar-refractivity contribution in [1.29, 1.82) is 0 Å². The van der Waals surface area contributed by atoms with Gasteiger partial charge in [0.25, 0.3) is 0 Å². The van der Waals surface area contributed by atoms with Gasteiger partial charge in [-0.15, -0.1) is 0 Å². The maximum Gasteiger partial charge on any atom is 0.137 e. The molecule has 49 heavy (non-hydrogen) atoms. The van der Waals surface area contributed by atoms with Crippen molar-refractivity contribution in [3.63, 3.8) is 0 Å². The molecule has 0 radical (unpaired) electrons. The molecule has 8 aromatic carbocycles. The molecule has 0 saturated heterocycles.